The summed E-state index contributed by atoms with van der Waals surface area (Å²) in [5.41, 5.74) is 3.69. The first kappa shape index (κ1) is 23.8. The molecule has 1 heterocycles. The molecule has 0 spiro atoms. The van der Waals surface area contributed by atoms with E-state index in [-0.39, 0.29) is 12.1 Å². The SMILES string of the molecule is CC(NC(=O)N1CCN(C(c2ccccc2)c2ccccc2)CC1)Oc1ccccc1C(C)C. The van der Waals surface area contributed by atoms with Gasteiger partial charge in [-0.1, -0.05) is 92.7 Å². The van der Waals surface area contributed by atoms with Crippen molar-refractivity contribution in [2.24, 2.45) is 0 Å². The number of carbonyl (C=O) groups excluding carboxylic acids is 1. The first-order valence-electron chi connectivity index (χ1n) is 12.2. The third-order valence-corrected chi connectivity index (χ3v) is 6.37. The molecule has 1 aliphatic rings. The number of nitrogens with one attached hydrogen (secondary N) is 1. The number of urea groups is 1. The lowest BCUT2D eigenvalue weighted by Crippen LogP contribution is -2.54. The topological polar surface area (TPSA) is 44.8 Å². The Morgan fingerprint density at radius 3 is 1.85 bits per heavy atom. The molecule has 34 heavy (non-hydrogen) atoms. The molecule has 1 atom stereocenters. The number of piperazine rings is 1. The van der Waals surface area contributed by atoms with Gasteiger partial charge in [0.2, 0.25) is 0 Å². The van der Waals surface area contributed by atoms with Crippen molar-refractivity contribution >= 4 is 6.03 Å². The Morgan fingerprint density at radius 2 is 1.29 bits per heavy atom. The lowest BCUT2D eigenvalue weighted by molar-refractivity contribution is 0.107. The monoisotopic (exact) mass is 457 g/mol. The van der Waals surface area contributed by atoms with E-state index in [2.05, 4.69) is 90.8 Å². The van der Waals surface area contributed by atoms with Gasteiger partial charge in [-0.15, -0.1) is 0 Å². The third kappa shape index (κ3) is 5.78. The van der Waals surface area contributed by atoms with Gasteiger partial charge in [-0.05, 0) is 35.6 Å². The van der Waals surface area contributed by atoms with Crippen LogP contribution in [0, 0.1) is 0 Å². The molecule has 0 radical (unpaired) electrons. The van der Waals surface area contributed by atoms with Crippen LogP contribution in [0.5, 0.6) is 5.75 Å². The van der Waals surface area contributed by atoms with Crippen molar-refractivity contribution < 1.29 is 9.53 Å². The maximum Gasteiger partial charge on any atom is 0.320 e. The van der Waals surface area contributed by atoms with Gasteiger partial charge >= 0.3 is 6.03 Å². The van der Waals surface area contributed by atoms with Crippen molar-refractivity contribution in [3.8, 4) is 5.75 Å². The van der Waals surface area contributed by atoms with E-state index in [4.69, 9.17) is 4.74 Å². The summed E-state index contributed by atoms with van der Waals surface area (Å²) in [7, 11) is 0. The highest BCUT2D eigenvalue weighted by atomic mass is 16.5. The van der Waals surface area contributed by atoms with E-state index < -0.39 is 6.23 Å². The Hall–Kier alpha value is -3.31. The lowest BCUT2D eigenvalue weighted by atomic mass is 9.96. The van der Waals surface area contributed by atoms with Crippen LogP contribution in [0.2, 0.25) is 0 Å². The molecule has 1 aliphatic heterocycles. The van der Waals surface area contributed by atoms with Gasteiger partial charge in [-0.2, -0.15) is 0 Å². The summed E-state index contributed by atoms with van der Waals surface area (Å²) in [5.74, 6) is 1.18. The van der Waals surface area contributed by atoms with Gasteiger partial charge in [0.1, 0.15) is 5.75 Å². The molecule has 3 aromatic rings. The Bertz CT molecular complexity index is 1010. The van der Waals surface area contributed by atoms with E-state index in [1.165, 1.54) is 11.1 Å². The zero-order valence-corrected chi connectivity index (χ0v) is 20.4. The first-order valence-corrected chi connectivity index (χ1v) is 12.2. The van der Waals surface area contributed by atoms with Crippen LogP contribution in [0.4, 0.5) is 4.79 Å². The van der Waals surface area contributed by atoms with Crippen molar-refractivity contribution in [2.45, 2.75) is 39.0 Å². The molecular weight excluding hydrogens is 422 g/mol. The second-order valence-corrected chi connectivity index (χ2v) is 9.15. The normalized spacial score (nSPS) is 15.4. The maximum absolute atomic E-state index is 13.0. The number of rotatable bonds is 7. The summed E-state index contributed by atoms with van der Waals surface area (Å²) >= 11 is 0. The molecule has 1 fully saturated rings. The van der Waals surface area contributed by atoms with Gasteiger partial charge in [0.15, 0.2) is 6.23 Å². The lowest BCUT2D eigenvalue weighted by Gasteiger charge is -2.40. The van der Waals surface area contributed by atoms with E-state index in [1.54, 1.807) is 0 Å². The number of para-hydroxylation sites is 1. The number of nitrogens with zero attached hydrogens (tertiary/aromatic N) is 2. The fraction of sp³-hybridized carbons (Fsp3) is 0.345. The van der Waals surface area contributed by atoms with Crippen molar-refractivity contribution in [3.63, 3.8) is 0 Å². The Kier molecular flexibility index (Phi) is 7.86. The molecular formula is C29H35N3O2. The summed E-state index contributed by atoms with van der Waals surface area (Å²) < 4.78 is 6.07. The van der Waals surface area contributed by atoms with E-state index in [0.717, 1.165) is 24.4 Å². The van der Waals surface area contributed by atoms with Crippen LogP contribution < -0.4 is 10.1 Å². The number of hydrogen-bond donors (Lipinski definition) is 1. The van der Waals surface area contributed by atoms with Gasteiger partial charge in [0.25, 0.3) is 0 Å². The predicted molar refractivity (Wildman–Crippen MR) is 137 cm³/mol. The highest BCUT2D eigenvalue weighted by Crippen LogP contribution is 2.30. The van der Waals surface area contributed by atoms with Gasteiger partial charge in [0, 0.05) is 26.2 Å². The van der Waals surface area contributed by atoms with Crippen LogP contribution in [0.1, 0.15) is 49.4 Å². The molecule has 0 aliphatic carbocycles. The average Bonchev–Trinajstić information content (AvgIpc) is 2.86. The van der Waals surface area contributed by atoms with E-state index in [9.17, 15) is 4.79 Å². The third-order valence-electron chi connectivity index (χ3n) is 6.37. The smallest absolute Gasteiger partial charge is 0.320 e. The minimum Gasteiger partial charge on any atom is -0.471 e. The fourth-order valence-electron chi connectivity index (χ4n) is 4.62. The summed E-state index contributed by atoms with van der Waals surface area (Å²) in [6.07, 6.45) is -0.410. The largest absolute Gasteiger partial charge is 0.471 e. The van der Waals surface area contributed by atoms with Crippen LogP contribution in [-0.2, 0) is 0 Å². The predicted octanol–water partition coefficient (Wildman–Crippen LogP) is 5.65. The van der Waals surface area contributed by atoms with Crippen LogP contribution in [0.3, 0.4) is 0 Å². The second kappa shape index (κ2) is 11.2. The van der Waals surface area contributed by atoms with E-state index in [1.807, 2.05) is 30.0 Å². The number of ether oxygens (including phenoxy) is 1. The van der Waals surface area contributed by atoms with E-state index >= 15 is 0 Å². The molecule has 4 rings (SSSR count). The standard InChI is InChI=1S/C29H35N3O2/c1-22(2)26-16-10-11-17-27(26)34-23(3)30-29(33)32-20-18-31(19-21-32)28(24-12-6-4-7-13-24)25-14-8-5-9-15-25/h4-17,22-23,28H,18-21H2,1-3H3,(H,30,33). The molecule has 1 unspecified atom stereocenters. The van der Waals surface area contributed by atoms with Crippen molar-refractivity contribution in [1.29, 1.82) is 0 Å². The maximum atomic E-state index is 13.0. The van der Waals surface area contributed by atoms with Crippen LogP contribution >= 0.6 is 0 Å². The quantitative estimate of drug-likeness (QED) is 0.466. The van der Waals surface area contributed by atoms with Gasteiger partial charge in [-0.25, -0.2) is 4.79 Å². The zero-order chi connectivity index (χ0) is 23.9. The minimum atomic E-state index is -0.410. The zero-order valence-electron chi connectivity index (χ0n) is 20.4. The van der Waals surface area contributed by atoms with Crippen molar-refractivity contribution in [2.75, 3.05) is 26.2 Å². The number of amides is 2. The second-order valence-electron chi connectivity index (χ2n) is 9.15. The van der Waals surface area contributed by atoms with Crippen LogP contribution in [0.25, 0.3) is 0 Å². The first-order chi connectivity index (χ1) is 16.5. The van der Waals surface area contributed by atoms with E-state index in [0.29, 0.717) is 19.0 Å². The fourth-order valence-corrected chi connectivity index (χ4v) is 4.62. The molecule has 5 nitrogen and oxygen atoms in total. The molecule has 1 saturated heterocycles. The number of benzene rings is 3. The van der Waals surface area contributed by atoms with Crippen molar-refractivity contribution in [3.05, 3.63) is 102 Å². The summed E-state index contributed by atoms with van der Waals surface area (Å²) in [6.45, 7) is 9.15. The van der Waals surface area contributed by atoms with Crippen LogP contribution in [0.15, 0.2) is 84.9 Å². The highest BCUT2D eigenvalue weighted by Gasteiger charge is 2.28. The number of hydrogen-bond acceptors (Lipinski definition) is 3. The Morgan fingerprint density at radius 1 is 0.765 bits per heavy atom. The summed E-state index contributed by atoms with van der Waals surface area (Å²) in [4.78, 5) is 17.3. The molecule has 5 heteroatoms. The highest BCUT2D eigenvalue weighted by molar-refractivity contribution is 5.74. The minimum absolute atomic E-state index is 0.0786. The number of carbonyl (C=O) groups is 1. The van der Waals surface area contributed by atoms with Crippen LogP contribution in [-0.4, -0.2) is 48.2 Å². The van der Waals surface area contributed by atoms with Crippen molar-refractivity contribution in [1.82, 2.24) is 15.1 Å². The van der Waals surface area contributed by atoms with Gasteiger partial charge in [-0.3, -0.25) is 4.90 Å². The summed E-state index contributed by atoms with van der Waals surface area (Å²) in [5, 5.41) is 3.02. The molecule has 0 saturated carbocycles. The Labute approximate surface area is 203 Å². The summed E-state index contributed by atoms with van der Waals surface area (Å²) in [6, 6.07) is 29.3. The average molecular weight is 458 g/mol. The molecule has 2 amide bonds. The van der Waals surface area contributed by atoms with Gasteiger partial charge in [0.05, 0.1) is 6.04 Å². The molecule has 1 N–H and O–H groups in total. The molecule has 3 aromatic carbocycles. The molecule has 178 valence electrons. The molecule has 0 bridgehead atoms. The molecule has 0 aromatic heterocycles. The Balaban J connectivity index is 1.37. The van der Waals surface area contributed by atoms with Gasteiger partial charge < -0.3 is 15.0 Å².